The fourth-order valence-electron chi connectivity index (χ4n) is 3.03. The number of hydrogen-bond acceptors (Lipinski definition) is 4. The van der Waals surface area contributed by atoms with E-state index < -0.39 is 5.91 Å². The summed E-state index contributed by atoms with van der Waals surface area (Å²) in [6.45, 7) is 3.65. The quantitative estimate of drug-likeness (QED) is 0.669. The Bertz CT molecular complexity index is 1060. The number of nitrogens with zero attached hydrogens (tertiary/aromatic N) is 3. The summed E-state index contributed by atoms with van der Waals surface area (Å²) in [5.41, 5.74) is 2.42. The van der Waals surface area contributed by atoms with Crippen molar-refractivity contribution in [2.24, 2.45) is 0 Å². The molecule has 2 heterocycles. The van der Waals surface area contributed by atoms with E-state index in [9.17, 15) is 14.4 Å². The van der Waals surface area contributed by atoms with E-state index in [4.69, 9.17) is 0 Å². The molecule has 2 amide bonds. The summed E-state index contributed by atoms with van der Waals surface area (Å²) in [5.74, 6) is -0.548. The maximum atomic E-state index is 12.8. The fraction of sp³-hybridized carbons (Fsp3) is 0.100. The summed E-state index contributed by atoms with van der Waals surface area (Å²) < 4.78 is 1.40. The van der Waals surface area contributed by atoms with E-state index in [-0.39, 0.29) is 17.4 Å². The Labute approximate surface area is 149 Å². The SMILES string of the molecule is Cc1ccc(N2C(=O)c3ccc(C(=O)n4ccnc4C)cc3C2=O)cc1. The fourth-order valence-corrected chi connectivity index (χ4v) is 3.03. The van der Waals surface area contributed by atoms with E-state index in [0.717, 1.165) is 10.5 Å². The molecular weight excluding hydrogens is 330 g/mol. The van der Waals surface area contributed by atoms with E-state index in [1.807, 2.05) is 19.1 Å². The highest BCUT2D eigenvalue weighted by atomic mass is 16.2. The third-order valence-corrected chi connectivity index (χ3v) is 4.47. The molecule has 6 heteroatoms. The lowest BCUT2D eigenvalue weighted by atomic mass is 10.1. The second kappa shape index (κ2) is 5.77. The molecule has 128 valence electrons. The van der Waals surface area contributed by atoms with Gasteiger partial charge in [-0.1, -0.05) is 17.7 Å². The number of amides is 2. The van der Waals surface area contributed by atoms with E-state index in [2.05, 4.69) is 4.98 Å². The summed E-state index contributed by atoms with van der Waals surface area (Å²) in [4.78, 5) is 43.2. The van der Waals surface area contributed by atoms with Crippen LogP contribution in [-0.2, 0) is 0 Å². The van der Waals surface area contributed by atoms with Crippen molar-refractivity contribution in [3.63, 3.8) is 0 Å². The number of aromatic nitrogens is 2. The van der Waals surface area contributed by atoms with Crippen LogP contribution in [-0.4, -0.2) is 27.3 Å². The first-order valence-electron chi connectivity index (χ1n) is 8.11. The van der Waals surface area contributed by atoms with Crippen LogP contribution in [0.1, 0.15) is 42.5 Å². The number of imidazole rings is 1. The van der Waals surface area contributed by atoms with Crippen molar-refractivity contribution in [1.29, 1.82) is 0 Å². The number of aryl methyl sites for hydroxylation is 2. The smallest absolute Gasteiger partial charge is 0.266 e. The molecule has 0 saturated heterocycles. The lowest BCUT2D eigenvalue weighted by molar-refractivity contribution is 0.0924. The van der Waals surface area contributed by atoms with Crippen LogP contribution in [0.25, 0.3) is 0 Å². The minimum Gasteiger partial charge on any atom is -0.270 e. The van der Waals surface area contributed by atoms with Crippen LogP contribution in [0.15, 0.2) is 54.9 Å². The minimum absolute atomic E-state index is 0.235. The highest BCUT2D eigenvalue weighted by molar-refractivity contribution is 6.34. The standard InChI is InChI=1S/C20H15N3O3/c1-12-3-6-15(7-4-12)23-19(25)16-8-5-14(11-17(16)20(23)26)18(24)22-10-9-21-13(22)2/h3-11H,1-2H3. The van der Waals surface area contributed by atoms with Crippen molar-refractivity contribution >= 4 is 23.4 Å². The highest BCUT2D eigenvalue weighted by Crippen LogP contribution is 2.29. The molecule has 0 spiro atoms. The van der Waals surface area contributed by atoms with Gasteiger partial charge >= 0.3 is 0 Å². The number of benzene rings is 2. The van der Waals surface area contributed by atoms with Crippen molar-refractivity contribution in [2.45, 2.75) is 13.8 Å². The number of carbonyl (C=O) groups is 3. The van der Waals surface area contributed by atoms with E-state index >= 15 is 0 Å². The number of carbonyl (C=O) groups excluding carboxylic acids is 3. The first-order valence-corrected chi connectivity index (χ1v) is 8.11. The summed E-state index contributed by atoms with van der Waals surface area (Å²) >= 11 is 0. The number of anilines is 1. The molecule has 0 fully saturated rings. The Balaban J connectivity index is 1.74. The van der Waals surface area contributed by atoms with Gasteiger partial charge in [-0.25, -0.2) is 9.88 Å². The monoisotopic (exact) mass is 345 g/mol. The lowest BCUT2D eigenvalue weighted by Gasteiger charge is -2.13. The van der Waals surface area contributed by atoms with Gasteiger partial charge in [0.1, 0.15) is 5.82 Å². The van der Waals surface area contributed by atoms with Gasteiger partial charge in [0.25, 0.3) is 17.7 Å². The molecule has 26 heavy (non-hydrogen) atoms. The van der Waals surface area contributed by atoms with E-state index in [1.165, 1.54) is 22.9 Å². The van der Waals surface area contributed by atoms with Crippen molar-refractivity contribution < 1.29 is 14.4 Å². The number of hydrogen-bond donors (Lipinski definition) is 0. The van der Waals surface area contributed by atoms with Crippen molar-refractivity contribution in [3.8, 4) is 0 Å². The molecular formula is C20H15N3O3. The zero-order valence-corrected chi connectivity index (χ0v) is 14.3. The van der Waals surface area contributed by atoms with Gasteiger partial charge in [-0.2, -0.15) is 0 Å². The van der Waals surface area contributed by atoms with Crippen molar-refractivity contribution in [2.75, 3.05) is 4.90 Å². The maximum absolute atomic E-state index is 12.8. The van der Waals surface area contributed by atoms with Crippen LogP contribution in [0, 0.1) is 13.8 Å². The summed E-state index contributed by atoms with van der Waals surface area (Å²) in [6.07, 6.45) is 3.10. The third kappa shape index (κ3) is 2.35. The molecule has 3 aromatic rings. The summed E-state index contributed by atoms with van der Waals surface area (Å²) in [7, 11) is 0. The molecule has 0 saturated carbocycles. The van der Waals surface area contributed by atoms with E-state index in [0.29, 0.717) is 22.6 Å². The van der Waals surface area contributed by atoms with E-state index in [1.54, 1.807) is 31.3 Å². The molecule has 0 unspecified atom stereocenters. The van der Waals surface area contributed by atoms with Gasteiger partial charge in [0.15, 0.2) is 0 Å². The molecule has 6 nitrogen and oxygen atoms in total. The largest absolute Gasteiger partial charge is 0.270 e. The van der Waals surface area contributed by atoms with Gasteiger partial charge in [0, 0.05) is 18.0 Å². The normalized spacial score (nSPS) is 13.2. The zero-order valence-electron chi connectivity index (χ0n) is 14.3. The summed E-state index contributed by atoms with van der Waals surface area (Å²) in [5, 5.41) is 0. The van der Waals surface area contributed by atoms with Gasteiger partial charge in [-0.3, -0.25) is 19.0 Å². The third-order valence-electron chi connectivity index (χ3n) is 4.47. The second-order valence-corrected chi connectivity index (χ2v) is 6.19. The number of rotatable bonds is 2. The van der Waals surface area contributed by atoms with Crippen molar-refractivity contribution in [1.82, 2.24) is 9.55 Å². The lowest BCUT2D eigenvalue weighted by Crippen LogP contribution is -2.29. The molecule has 0 bridgehead atoms. The molecule has 0 atom stereocenters. The highest BCUT2D eigenvalue weighted by Gasteiger charge is 2.37. The van der Waals surface area contributed by atoms with Crippen LogP contribution in [0.4, 0.5) is 5.69 Å². The average Bonchev–Trinajstić information content (AvgIpc) is 3.17. The summed E-state index contributed by atoms with van der Waals surface area (Å²) in [6, 6.07) is 11.7. The first-order chi connectivity index (χ1) is 12.5. The van der Waals surface area contributed by atoms with Gasteiger partial charge in [0.2, 0.25) is 0 Å². The van der Waals surface area contributed by atoms with Crippen LogP contribution >= 0.6 is 0 Å². The minimum atomic E-state index is -0.425. The molecule has 0 radical (unpaired) electrons. The van der Waals surface area contributed by atoms with Gasteiger partial charge < -0.3 is 0 Å². The average molecular weight is 345 g/mol. The molecule has 4 rings (SSSR count). The first kappa shape index (κ1) is 16.0. The van der Waals surface area contributed by atoms with Crippen molar-refractivity contribution in [3.05, 3.63) is 82.9 Å². The Kier molecular flexibility index (Phi) is 3.54. The van der Waals surface area contributed by atoms with Crippen LogP contribution in [0.3, 0.4) is 0 Å². The van der Waals surface area contributed by atoms with Gasteiger partial charge in [-0.05, 0) is 44.2 Å². The van der Waals surface area contributed by atoms with Gasteiger partial charge in [0.05, 0.1) is 16.8 Å². The predicted molar refractivity (Wildman–Crippen MR) is 95.5 cm³/mol. The molecule has 1 aromatic heterocycles. The number of imide groups is 1. The second-order valence-electron chi connectivity index (χ2n) is 6.19. The topological polar surface area (TPSA) is 72.3 Å². The number of fused-ring (bicyclic) bond motifs is 1. The Morgan fingerprint density at radius 2 is 1.62 bits per heavy atom. The predicted octanol–water partition coefficient (Wildman–Crippen LogP) is 2.99. The molecule has 1 aliphatic rings. The molecule has 2 aromatic carbocycles. The molecule has 0 aliphatic carbocycles. The van der Waals surface area contributed by atoms with Gasteiger partial charge in [-0.15, -0.1) is 0 Å². The molecule has 1 aliphatic heterocycles. The van der Waals surface area contributed by atoms with Crippen LogP contribution < -0.4 is 4.90 Å². The molecule has 0 N–H and O–H groups in total. The Morgan fingerprint density at radius 1 is 0.923 bits per heavy atom. The van der Waals surface area contributed by atoms with Crippen LogP contribution in [0.5, 0.6) is 0 Å². The van der Waals surface area contributed by atoms with Crippen LogP contribution in [0.2, 0.25) is 0 Å². The zero-order chi connectivity index (χ0) is 18.4. The Morgan fingerprint density at radius 3 is 2.27 bits per heavy atom. The Hall–Kier alpha value is -3.54. The maximum Gasteiger partial charge on any atom is 0.266 e.